The number of benzene rings is 3. The number of nitrogens with one attached hydrogen (secondary N) is 3. The van der Waals surface area contributed by atoms with Crippen molar-refractivity contribution in [1.29, 1.82) is 5.41 Å². The quantitative estimate of drug-likeness (QED) is 0.163. The van der Waals surface area contributed by atoms with Crippen LogP contribution in [-0.4, -0.2) is 56.9 Å². The van der Waals surface area contributed by atoms with Crippen molar-refractivity contribution in [1.82, 2.24) is 10.3 Å². The van der Waals surface area contributed by atoms with E-state index in [0.29, 0.717) is 59.6 Å². The van der Waals surface area contributed by atoms with E-state index in [4.69, 9.17) is 9.47 Å². The Bertz CT molecular complexity index is 1890. The molecule has 3 atom stereocenters. The molecular formula is C37H42F2N4O5S. The summed E-state index contributed by atoms with van der Waals surface area (Å²) >= 11 is -1.24. The second kappa shape index (κ2) is 14.6. The highest BCUT2D eigenvalue weighted by Gasteiger charge is 2.35. The van der Waals surface area contributed by atoms with E-state index in [-0.39, 0.29) is 34.1 Å². The SMILES string of the molecule is CN/C1=N\C(=N)C(C)(c2cccc(OC(C)C(=O)O)c2)CCCC(C)(C)C[S+]([O-])CCc2c(c(F)cc3[nH]ccc23)Oc2ccc(F)c1c2. The number of hydrogen-bond donors (Lipinski definition) is 4. The molecule has 9 nitrogen and oxygen atoms in total. The molecule has 2 heterocycles. The Morgan fingerprint density at radius 3 is 2.65 bits per heavy atom. The predicted molar refractivity (Wildman–Crippen MR) is 189 cm³/mol. The van der Waals surface area contributed by atoms with Crippen LogP contribution in [0.15, 0.2) is 65.8 Å². The van der Waals surface area contributed by atoms with Gasteiger partial charge in [-0.3, -0.25) is 5.41 Å². The minimum Gasteiger partial charge on any atom is -0.616 e. The van der Waals surface area contributed by atoms with Crippen molar-refractivity contribution in [2.24, 2.45) is 10.4 Å². The first-order valence-electron chi connectivity index (χ1n) is 16.2. The number of ether oxygens (including phenoxy) is 2. The van der Waals surface area contributed by atoms with E-state index >= 15 is 8.78 Å². The number of aliphatic imine (C=N–C) groups is 1. The Kier molecular flexibility index (Phi) is 10.7. The molecule has 12 heteroatoms. The summed E-state index contributed by atoms with van der Waals surface area (Å²) in [5.74, 6) is -1.17. The van der Waals surface area contributed by atoms with Gasteiger partial charge in [0.2, 0.25) is 0 Å². The van der Waals surface area contributed by atoms with Crippen molar-refractivity contribution in [3.63, 3.8) is 0 Å². The molecule has 0 amide bonds. The number of aromatic amines is 1. The summed E-state index contributed by atoms with van der Waals surface area (Å²) in [4.78, 5) is 19.1. The highest BCUT2D eigenvalue weighted by molar-refractivity contribution is 7.91. The molecule has 0 spiro atoms. The van der Waals surface area contributed by atoms with Crippen LogP contribution in [0.4, 0.5) is 8.78 Å². The summed E-state index contributed by atoms with van der Waals surface area (Å²) in [5, 5.41) is 22.4. The first-order valence-corrected chi connectivity index (χ1v) is 17.7. The van der Waals surface area contributed by atoms with E-state index in [9.17, 15) is 19.9 Å². The average molecular weight is 693 g/mol. The first-order chi connectivity index (χ1) is 23.2. The number of aryl methyl sites for hydroxylation is 1. The number of carboxylic acid groups (broad SMARTS) is 1. The Morgan fingerprint density at radius 1 is 1.14 bits per heavy atom. The Morgan fingerprint density at radius 2 is 1.92 bits per heavy atom. The molecule has 0 saturated carbocycles. The van der Waals surface area contributed by atoms with Crippen LogP contribution in [0.3, 0.4) is 0 Å². The van der Waals surface area contributed by atoms with E-state index in [1.165, 1.54) is 31.2 Å². The molecule has 0 aliphatic carbocycles. The molecule has 0 saturated heterocycles. The minimum atomic E-state index is -1.24. The molecular weight excluding hydrogens is 650 g/mol. The van der Waals surface area contributed by atoms with Crippen LogP contribution in [0.1, 0.15) is 63.6 Å². The standard InChI is InChI=1S/C37H42F2N4O5S/c1-22(34(44)45)47-24-9-6-8-23(18-24)37(4)15-7-14-36(2,3)21-49(46)17-13-27-26-12-16-42-31(26)20-30(39)32(27)48-25-10-11-29(38)28(19-25)33(41-5)43-35(37)40/h6,8-12,16,18-20,22,42H,7,13-15,17,21H2,1-5H3,(H,44,45)(H2,40,41,43). The number of nitrogens with zero attached hydrogens (tertiary/aromatic N) is 1. The van der Waals surface area contributed by atoms with Gasteiger partial charge in [0, 0.05) is 47.6 Å². The topological polar surface area (TPSA) is 143 Å². The summed E-state index contributed by atoms with van der Waals surface area (Å²) < 4.78 is 56.3. The molecule has 260 valence electrons. The van der Waals surface area contributed by atoms with Crippen LogP contribution in [0.25, 0.3) is 10.9 Å². The molecule has 1 aliphatic heterocycles. The number of carbonyl (C=O) groups is 1. The van der Waals surface area contributed by atoms with Crippen LogP contribution in [-0.2, 0) is 27.8 Å². The fourth-order valence-electron chi connectivity index (χ4n) is 6.22. The Balaban J connectivity index is 1.62. The van der Waals surface area contributed by atoms with Gasteiger partial charge in [0.1, 0.15) is 40.5 Å². The summed E-state index contributed by atoms with van der Waals surface area (Å²) in [6.45, 7) is 7.42. The fourth-order valence-corrected chi connectivity index (χ4v) is 7.81. The van der Waals surface area contributed by atoms with Gasteiger partial charge in [-0.15, -0.1) is 0 Å². The number of fused-ring (bicyclic) bond motifs is 5. The molecule has 4 N–H and O–H groups in total. The molecule has 0 radical (unpaired) electrons. The van der Waals surface area contributed by atoms with Crippen molar-refractivity contribution >= 4 is 39.7 Å². The first kappa shape index (κ1) is 35.9. The normalized spacial score (nSPS) is 22.1. The van der Waals surface area contributed by atoms with Gasteiger partial charge in [0.05, 0.1) is 11.0 Å². The number of aliphatic carboxylic acids is 1. The summed E-state index contributed by atoms with van der Waals surface area (Å²) in [6.07, 6.45) is 2.71. The smallest absolute Gasteiger partial charge is 0.344 e. The van der Waals surface area contributed by atoms with Gasteiger partial charge in [0.25, 0.3) is 0 Å². The van der Waals surface area contributed by atoms with Crippen LogP contribution < -0.4 is 14.8 Å². The summed E-state index contributed by atoms with van der Waals surface area (Å²) in [7, 11) is 1.57. The number of aromatic nitrogens is 1. The zero-order chi connectivity index (χ0) is 35.5. The number of carboxylic acids is 1. The van der Waals surface area contributed by atoms with Gasteiger partial charge in [-0.05, 0) is 68.7 Å². The van der Waals surface area contributed by atoms with Gasteiger partial charge >= 0.3 is 5.97 Å². The molecule has 3 unspecified atom stereocenters. The average Bonchev–Trinajstić information content (AvgIpc) is 3.51. The molecule has 2 bridgehead atoms. The van der Waals surface area contributed by atoms with E-state index in [2.05, 4.69) is 29.1 Å². The van der Waals surface area contributed by atoms with Gasteiger partial charge in [0.15, 0.2) is 17.7 Å². The predicted octanol–water partition coefficient (Wildman–Crippen LogP) is 7.49. The number of hydrogen-bond acceptors (Lipinski definition) is 6. The maximum atomic E-state index is 15.6. The highest BCUT2D eigenvalue weighted by Crippen LogP contribution is 2.38. The van der Waals surface area contributed by atoms with E-state index in [1.807, 2.05) is 19.1 Å². The van der Waals surface area contributed by atoms with Crippen molar-refractivity contribution in [3.8, 4) is 17.2 Å². The van der Waals surface area contributed by atoms with Crippen LogP contribution in [0, 0.1) is 22.5 Å². The Hall–Kier alpha value is -4.42. The number of rotatable bonds is 4. The monoisotopic (exact) mass is 692 g/mol. The molecule has 0 fully saturated rings. The molecule has 1 aliphatic rings. The highest BCUT2D eigenvalue weighted by atomic mass is 32.2. The van der Waals surface area contributed by atoms with Crippen LogP contribution in [0.2, 0.25) is 0 Å². The lowest BCUT2D eigenvalue weighted by Crippen LogP contribution is -2.34. The second-order valence-corrected chi connectivity index (χ2v) is 15.0. The van der Waals surface area contributed by atoms with Crippen molar-refractivity contribution in [2.45, 2.75) is 64.9 Å². The summed E-state index contributed by atoms with van der Waals surface area (Å²) in [6, 6.07) is 14.1. The lowest BCUT2D eigenvalue weighted by Gasteiger charge is -2.32. The van der Waals surface area contributed by atoms with Crippen molar-refractivity contribution < 1.29 is 32.7 Å². The maximum Gasteiger partial charge on any atom is 0.344 e. The zero-order valence-electron chi connectivity index (χ0n) is 28.3. The van der Waals surface area contributed by atoms with Crippen LogP contribution >= 0.6 is 0 Å². The number of halogens is 2. The Labute approximate surface area is 287 Å². The number of amidine groups is 2. The van der Waals surface area contributed by atoms with E-state index in [0.717, 1.165) is 5.39 Å². The molecule has 4 aromatic rings. The third kappa shape index (κ3) is 8.08. The lowest BCUT2D eigenvalue weighted by atomic mass is 9.75. The van der Waals surface area contributed by atoms with Gasteiger partial charge in [-0.2, -0.15) is 0 Å². The zero-order valence-corrected chi connectivity index (χ0v) is 29.1. The van der Waals surface area contributed by atoms with Gasteiger partial charge in [-0.1, -0.05) is 43.6 Å². The molecule has 5 rings (SSSR count). The van der Waals surface area contributed by atoms with Gasteiger partial charge in [-0.25, -0.2) is 18.6 Å². The molecule has 49 heavy (non-hydrogen) atoms. The minimum absolute atomic E-state index is 0.0208. The van der Waals surface area contributed by atoms with Crippen molar-refractivity contribution in [3.05, 3.63) is 89.1 Å². The van der Waals surface area contributed by atoms with Gasteiger partial charge < -0.3 is 29.4 Å². The fraction of sp³-hybridized carbons (Fsp3) is 0.378. The van der Waals surface area contributed by atoms with Crippen LogP contribution in [0.5, 0.6) is 17.2 Å². The molecule has 1 aromatic heterocycles. The second-order valence-electron chi connectivity index (χ2n) is 13.4. The lowest BCUT2D eigenvalue weighted by molar-refractivity contribution is -0.144. The third-order valence-corrected chi connectivity index (χ3v) is 10.8. The maximum absolute atomic E-state index is 15.6. The van der Waals surface area contributed by atoms with E-state index < -0.39 is 40.3 Å². The van der Waals surface area contributed by atoms with Crippen molar-refractivity contribution in [2.75, 3.05) is 18.6 Å². The third-order valence-electron chi connectivity index (χ3n) is 9.06. The van der Waals surface area contributed by atoms with E-state index in [1.54, 1.807) is 31.4 Å². The number of H-pyrrole nitrogens is 1. The summed E-state index contributed by atoms with van der Waals surface area (Å²) in [5.41, 5.74) is 0.511. The molecule has 3 aromatic carbocycles. The largest absolute Gasteiger partial charge is 0.616 e.